The number of anilines is 1. The van der Waals surface area contributed by atoms with Crippen molar-refractivity contribution in [1.82, 2.24) is 20.3 Å². The molecular weight excluding hydrogens is 382 g/mol. The third-order valence-electron chi connectivity index (χ3n) is 5.51. The van der Waals surface area contributed by atoms with E-state index in [2.05, 4.69) is 20.9 Å². The van der Waals surface area contributed by atoms with Crippen molar-refractivity contribution in [2.45, 2.75) is 31.6 Å². The van der Waals surface area contributed by atoms with E-state index in [0.717, 1.165) is 11.3 Å². The fourth-order valence-electron chi connectivity index (χ4n) is 3.71. The van der Waals surface area contributed by atoms with E-state index in [9.17, 15) is 14.4 Å². The van der Waals surface area contributed by atoms with Gasteiger partial charge in [0.05, 0.1) is 17.3 Å². The van der Waals surface area contributed by atoms with E-state index < -0.39 is 5.41 Å². The number of piperidine rings is 1. The number of imide groups is 1. The molecule has 3 aromatic rings. The molecule has 8 heteroatoms. The van der Waals surface area contributed by atoms with Crippen molar-refractivity contribution in [2.24, 2.45) is 0 Å². The molecule has 1 aliphatic rings. The first-order valence-electron chi connectivity index (χ1n) is 9.76. The van der Waals surface area contributed by atoms with Gasteiger partial charge >= 0.3 is 0 Å². The molecule has 1 fully saturated rings. The maximum atomic E-state index is 12.5. The maximum Gasteiger partial charge on any atom is 0.277 e. The van der Waals surface area contributed by atoms with Crippen LogP contribution in [0, 0.1) is 0 Å². The van der Waals surface area contributed by atoms with Crippen LogP contribution in [0.3, 0.4) is 0 Å². The molecule has 1 atom stereocenters. The van der Waals surface area contributed by atoms with Crippen LogP contribution in [0.5, 0.6) is 0 Å². The van der Waals surface area contributed by atoms with E-state index in [1.165, 1.54) is 4.68 Å². The van der Waals surface area contributed by atoms with Gasteiger partial charge in [-0.05, 0) is 42.7 Å². The summed E-state index contributed by atoms with van der Waals surface area (Å²) >= 11 is 0. The molecule has 2 heterocycles. The van der Waals surface area contributed by atoms with Crippen LogP contribution < -0.4 is 10.6 Å². The number of nitrogens with zero attached hydrogens (tertiary/aromatic N) is 3. The molecule has 3 amide bonds. The van der Waals surface area contributed by atoms with Gasteiger partial charge in [-0.15, -0.1) is 5.10 Å². The number of para-hydroxylation sites is 1. The van der Waals surface area contributed by atoms with E-state index in [1.54, 1.807) is 18.3 Å². The molecule has 0 radical (unpaired) electrons. The lowest BCUT2D eigenvalue weighted by Gasteiger charge is -2.35. The van der Waals surface area contributed by atoms with Crippen LogP contribution in [-0.2, 0) is 15.0 Å². The molecule has 30 heavy (non-hydrogen) atoms. The fourth-order valence-corrected chi connectivity index (χ4v) is 3.71. The summed E-state index contributed by atoms with van der Waals surface area (Å²) in [6, 6.07) is 16.5. The second-order valence-corrected chi connectivity index (χ2v) is 7.23. The highest BCUT2D eigenvalue weighted by molar-refractivity contribution is 6.04. The maximum absolute atomic E-state index is 12.5. The Kier molecular flexibility index (Phi) is 5.14. The molecule has 1 aromatic heterocycles. The molecule has 4 rings (SSSR count). The number of hydrogen-bond donors (Lipinski definition) is 2. The average Bonchev–Trinajstić information content (AvgIpc) is 3.26. The van der Waals surface area contributed by atoms with Gasteiger partial charge in [0.2, 0.25) is 11.8 Å². The lowest BCUT2D eigenvalue weighted by atomic mass is 9.72. The SMILES string of the molecule is CCC1(c2ccc(NC(=O)c3cn(-c4ccccc4)nn3)cc2)CCC(=O)NC1=O. The summed E-state index contributed by atoms with van der Waals surface area (Å²) in [4.78, 5) is 36.5. The second-order valence-electron chi connectivity index (χ2n) is 7.23. The molecule has 0 saturated carbocycles. The largest absolute Gasteiger partial charge is 0.321 e. The van der Waals surface area contributed by atoms with Crippen LogP contribution in [0.4, 0.5) is 5.69 Å². The van der Waals surface area contributed by atoms with E-state index >= 15 is 0 Å². The number of amides is 3. The van der Waals surface area contributed by atoms with E-state index in [1.807, 2.05) is 49.4 Å². The summed E-state index contributed by atoms with van der Waals surface area (Å²) in [7, 11) is 0. The Bertz CT molecular complexity index is 1090. The van der Waals surface area contributed by atoms with Crippen LogP contribution in [0.15, 0.2) is 60.8 Å². The van der Waals surface area contributed by atoms with Gasteiger partial charge in [0.25, 0.3) is 5.91 Å². The second kappa shape index (κ2) is 7.90. The van der Waals surface area contributed by atoms with Crippen LogP contribution in [0.25, 0.3) is 5.69 Å². The van der Waals surface area contributed by atoms with Crippen LogP contribution >= 0.6 is 0 Å². The summed E-state index contributed by atoms with van der Waals surface area (Å²) in [5.41, 5.74) is 1.68. The molecule has 1 unspecified atom stereocenters. The van der Waals surface area contributed by atoms with Gasteiger partial charge in [0.1, 0.15) is 0 Å². The van der Waals surface area contributed by atoms with Crippen molar-refractivity contribution in [1.29, 1.82) is 0 Å². The Morgan fingerprint density at radius 3 is 2.53 bits per heavy atom. The normalized spacial score (nSPS) is 18.7. The molecule has 0 aliphatic carbocycles. The third kappa shape index (κ3) is 3.59. The Morgan fingerprint density at radius 2 is 1.87 bits per heavy atom. The van der Waals surface area contributed by atoms with Crippen LogP contribution in [-0.4, -0.2) is 32.7 Å². The van der Waals surface area contributed by atoms with Crippen molar-refractivity contribution in [3.8, 4) is 5.69 Å². The monoisotopic (exact) mass is 403 g/mol. The average molecular weight is 403 g/mol. The number of nitrogens with one attached hydrogen (secondary N) is 2. The van der Waals surface area contributed by atoms with Gasteiger partial charge in [-0.3, -0.25) is 19.7 Å². The summed E-state index contributed by atoms with van der Waals surface area (Å²) < 4.78 is 1.53. The fraction of sp³-hybridized carbons (Fsp3) is 0.227. The van der Waals surface area contributed by atoms with Crippen molar-refractivity contribution in [3.63, 3.8) is 0 Å². The molecule has 152 valence electrons. The molecule has 2 N–H and O–H groups in total. The zero-order chi connectivity index (χ0) is 21.1. The smallest absolute Gasteiger partial charge is 0.277 e. The zero-order valence-electron chi connectivity index (χ0n) is 16.5. The Morgan fingerprint density at radius 1 is 1.13 bits per heavy atom. The topological polar surface area (TPSA) is 106 Å². The van der Waals surface area contributed by atoms with Crippen molar-refractivity contribution >= 4 is 23.4 Å². The third-order valence-corrected chi connectivity index (χ3v) is 5.51. The lowest BCUT2D eigenvalue weighted by Crippen LogP contribution is -2.51. The van der Waals surface area contributed by atoms with Gasteiger partial charge in [0.15, 0.2) is 5.69 Å². The first-order chi connectivity index (χ1) is 14.5. The van der Waals surface area contributed by atoms with Crippen molar-refractivity contribution < 1.29 is 14.4 Å². The summed E-state index contributed by atoms with van der Waals surface area (Å²) in [6.45, 7) is 1.93. The molecule has 0 spiro atoms. The molecular formula is C22H21N5O3. The van der Waals surface area contributed by atoms with E-state index in [0.29, 0.717) is 24.9 Å². The number of carbonyl (C=O) groups is 3. The van der Waals surface area contributed by atoms with Gasteiger partial charge < -0.3 is 5.32 Å². The lowest BCUT2D eigenvalue weighted by molar-refractivity contribution is -0.138. The zero-order valence-corrected chi connectivity index (χ0v) is 16.5. The first-order valence-corrected chi connectivity index (χ1v) is 9.76. The molecule has 8 nitrogen and oxygen atoms in total. The number of carbonyl (C=O) groups excluding carboxylic acids is 3. The van der Waals surface area contributed by atoms with Gasteiger partial charge in [-0.2, -0.15) is 0 Å². The minimum Gasteiger partial charge on any atom is -0.321 e. The van der Waals surface area contributed by atoms with Crippen LogP contribution in [0.1, 0.15) is 42.2 Å². The number of benzene rings is 2. The van der Waals surface area contributed by atoms with Gasteiger partial charge in [-0.1, -0.05) is 42.5 Å². The van der Waals surface area contributed by atoms with Crippen molar-refractivity contribution in [2.75, 3.05) is 5.32 Å². The Labute approximate surface area is 173 Å². The minimum absolute atomic E-state index is 0.193. The highest BCUT2D eigenvalue weighted by Gasteiger charge is 2.42. The first kappa shape index (κ1) is 19.5. The molecule has 1 aliphatic heterocycles. The number of rotatable bonds is 5. The Balaban J connectivity index is 1.49. The van der Waals surface area contributed by atoms with E-state index in [4.69, 9.17) is 0 Å². The van der Waals surface area contributed by atoms with Gasteiger partial charge in [0, 0.05) is 12.1 Å². The summed E-state index contributed by atoms with van der Waals surface area (Å²) in [5, 5.41) is 13.2. The van der Waals surface area contributed by atoms with Crippen LogP contribution in [0.2, 0.25) is 0 Å². The highest BCUT2D eigenvalue weighted by atomic mass is 16.2. The van der Waals surface area contributed by atoms with Gasteiger partial charge in [-0.25, -0.2) is 4.68 Å². The predicted octanol–water partition coefficient (Wildman–Crippen LogP) is 2.60. The molecule has 0 bridgehead atoms. The summed E-state index contributed by atoms with van der Waals surface area (Å²) in [6.07, 6.45) is 2.94. The predicted molar refractivity (Wildman–Crippen MR) is 110 cm³/mol. The highest BCUT2D eigenvalue weighted by Crippen LogP contribution is 2.36. The Hall–Kier alpha value is -3.81. The summed E-state index contributed by atoms with van der Waals surface area (Å²) in [5.74, 6) is -0.886. The molecule has 2 aromatic carbocycles. The number of aromatic nitrogens is 3. The minimum atomic E-state index is -0.727. The number of hydrogen-bond acceptors (Lipinski definition) is 5. The van der Waals surface area contributed by atoms with Crippen molar-refractivity contribution in [3.05, 3.63) is 72.1 Å². The quantitative estimate of drug-likeness (QED) is 0.637. The standard InChI is InChI=1S/C22H21N5O3/c1-2-22(13-12-19(28)24-21(22)30)15-8-10-16(11-9-15)23-20(29)18-14-27(26-25-18)17-6-4-3-5-7-17/h3-11,14H,2,12-13H2,1H3,(H,23,29)(H,24,28,30). The van der Waals surface area contributed by atoms with E-state index in [-0.39, 0.29) is 23.4 Å². The molecule has 1 saturated heterocycles.